The van der Waals surface area contributed by atoms with Gasteiger partial charge in [0, 0.05) is 13.0 Å². The van der Waals surface area contributed by atoms with Crippen molar-refractivity contribution in [1.29, 1.82) is 0 Å². The Morgan fingerprint density at radius 1 is 1.25 bits per heavy atom. The van der Waals surface area contributed by atoms with E-state index in [0.717, 1.165) is 17.1 Å². The predicted molar refractivity (Wildman–Crippen MR) is 94.1 cm³/mol. The largest absolute Gasteiger partial charge is 0.494 e. The van der Waals surface area contributed by atoms with Crippen molar-refractivity contribution in [2.24, 2.45) is 0 Å². The number of para-hydroxylation sites is 1. The first-order valence-electron chi connectivity index (χ1n) is 8.29. The number of furan rings is 1. The molecule has 1 amide bonds. The number of ether oxygens (including phenoxy) is 1. The number of carbonyl (C=O) groups is 1. The minimum atomic E-state index is 0.0275. The number of carbonyl (C=O) groups excluding carboxylic acids is 1. The normalized spacial score (nSPS) is 12.2. The van der Waals surface area contributed by atoms with Crippen molar-refractivity contribution in [1.82, 2.24) is 10.2 Å². The fourth-order valence-corrected chi connectivity index (χ4v) is 2.57. The van der Waals surface area contributed by atoms with Crippen LogP contribution in [0.5, 0.6) is 5.75 Å². The summed E-state index contributed by atoms with van der Waals surface area (Å²) >= 11 is 0. The van der Waals surface area contributed by atoms with Gasteiger partial charge in [0.2, 0.25) is 5.91 Å². The fraction of sp³-hybridized carbons (Fsp3) is 0.421. The third kappa shape index (κ3) is 5.13. The molecule has 0 spiro atoms. The predicted octanol–water partition coefficient (Wildman–Crippen LogP) is 3.03. The molecule has 2 aromatic rings. The van der Waals surface area contributed by atoms with Crippen LogP contribution in [0.2, 0.25) is 0 Å². The summed E-state index contributed by atoms with van der Waals surface area (Å²) in [7, 11) is 3.94. The number of hydrogen-bond donors (Lipinski definition) is 1. The van der Waals surface area contributed by atoms with Gasteiger partial charge in [-0.25, -0.2) is 0 Å². The molecule has 0 aliphatic carbocycles. The quantitative estimate of drug-likeness (QED) is 0.768. The maximum Gasteiger partial charge on any atom is 0.220 e. The first-order valence-corrected chi connectivity index (χ1v) is 8.29. The van der Waals surface area contributed by atoms with Crippen LogP contribution < -0.4 is 10.1 Å². The molecular weight excluding hydrogens is 304 g/mol. The molecule has 0 bridgehead atoms. The molecule has 1 N–H and O–H groups in total. The van der Waals surface area contributed by atoms with Gasteiger partial charge >= 0.3 is 0 Å². The van der Waals surface area contributed by atoms with Crippen LogP contribution in [0.1, 0.15) is 30.7 Å². The highest BCUT2D eigenvalue weighted by Crippen LogP contribution is 2.20. The average Bonchev–Trinajstić information content (AvgIpc) is 3.08. The van der Waals surface area contributed by atoms with Gasteiger partial charge in [0.25, 0.3) is 0 Å². The smallest absolute Gasteiger partial charge is 0.220 e. The van der Waals surface area contributed by atoms with Crippen molar-refractivity contribution >= 4 is 5.91 Å². The minimum absolute atomic E-state index is 0.0275. The van der Waals surface area contributed by atoms with Gasteiger partial charge in [-0.2, -0.15) is 0 Å². The van der Waals surface area contributed by atoms with E-state index in [1.54, 1.807) is 6.26 Å². The number of nitrogens with one attached hydrogen (secondary N) is 1. The molecule has 1 heterocycles. The third-order valence-electron chi connectivity index (χ3n) is 3.88. The summed E-state index contributed by atoms with van der Waals surface area (Å²) in [6.45, 7) is 3.10. The Bertz CT molecular complexity index is 623. The van der Waals surface area contributed by atoms with Gasteiger partial charge in [-0.15, -0.1) is 0 Å². The summed E-state index contributed by atoms with van der Waals surface area (Å²) in [5.74, 6) is 1.73. The summed E-state index contributed by atoms with van der Waals surface area (Å²) < 4.78 is 11.0. The molecule has 0 aliphatic heterocycles. The third-order valence-corrected chi connectivity index (χ3v) is 3.88. The molecule has 0 fully saturated rings. The molecule has 0 saturated carbocycles. The average molecular weight is 330 g/mol. The van der Waals surface area contributed by atoms with Gasteiger partial charge in [0.1, 0.15) is 11.5 Å². The van der Waals surface area contributed by atoms with E-state index in [0.29, 0.717) is 26.0 Å². The lowest BCUT2D eigenvalue weighted by molar-refractivity contribution is -0.121. The Morgan fingerprint density at radius 3 is 2.71 bits per heavy atom. The molecule has 24 heavy (non-hydrogen) atoms. The fourth-order valence-electron chi connectivity index (χ4n) is 2.57. The van der Waals surface area contributed by atoms with E-state index in [-0.39, 0.29) is 11.9 Å². The van der Waals surface area contributed by atoms with Gasteiger partial charge in [-0.1, -0.05) is 18.2 Å². The van der Waals surface area contributed by atoms with Crippen molar-refractivity contribution in [3.05, 3.63) is 54.0 Å². The number of hydrogen-bond acceptors (Lipinski definition) is 4. The Kier molecular flexibility index (Phi) is 6.88. The van der Waals surface area contributed by atoms with E-state index in [1.807, 2.05) is 62.3 Å². The minimum Gasteiger partial charge on any atom is -0.494 e. The Balaban J connectivity index is 1.85. The van der Waals surface area contributed by atoms with Gasteiger partial charge < -0.3 is 14.5 Å². The highest BCUT2D eigenvalue weighted by atomic mass is 16.5. The van der Waals surface area contributed by atoms with Crippen LogP contribution in [0, 0.1) is 0 Å². The van der Waals surface area contributed by atoms with Crippen LogP contribution >= 0.6 is 0 Å². The number of benzene rings is 1. The van der Waals surface area contributed by atoms with Crippen LogP contribution in [-0.4, -0.2) is 38.1 Å². The Hall–Kier alpha value is -2.27. The molecule has 0 saturated heterocycles. The molecule has 5 nitrogen and oxygen atoms in total. The van der Waals surface area contributed by atoms with Crippen LogP contribution in [0.25, 0.3) is 0 Å². The highest BCUT2D eigenvalue weighted by Gasteiger charge is 2.17. The number of nitrogens with zero attached hydrogens (tertiary/aromatic N) is 1. The Labute approximate surface area is 143 Å². The molecule has 1 atom stereocenters. The van der Waals surface area contributed by atoms with Crippen molar-refractivity contribution in [2.45, 2.75) is 25.8 Å². The number of rotatable bonds is 9. The van der Waals surface area contributed by atoms with Crippen molar-refractivity contribution < 1.29 is 13.9 Å². The van der Waals surface area contributed by atoms with E-state index >= 15 is 0 Å². The molecule has 1 aromatic carbocycles. The summed E-state index contributed by atoms with van der Waals surface area (Å²) in [6, 6.07) is 11.7. The molecule has 0 radical (unpaired) electrons. The van der Waals surface area contributed by atoms with Crippen LogP contribution in [0.4, 0.5) is 0 Å². The molecule has 1 unspecified atom stereocenters. The summed E-state index contributed by atoms with van der Waals surface area (Å²) in [5.41, 5.74) is 1.06. The second-order valence-electron chi connectivity index (χ2n) is 5.84. The summed E-state index contributed by atoms with van der Waals surface area (Å²) in [5, 5.41) is 2.99. The number of amides is 1. The van der Waals surface area contributed by atoms with Gasteiger partial charge in [-0.05, 0) is 51.2 Å². The Morgan fingerprint density at radius 2 is 2.04 bits per heavy atom. The van der Waals surface area contributed by atoms with E-state index < -0.39 is 0 Å². The lowest BCUT2D eigenvalue weighted by Crippen LogP contribution is -2.34. The first-order chi connectivity index (χ1) is 11.6. The standard InChI is InChI=1S/C19H26N2O3/c1-4-23-17-9-6-5-8-15(17)11-12-19(22)20-14-16(21(2)3)18-10-7-13-24-18/h5-10,13,16H,4,11-12,14H2,1-3H3,(H,20,22). The summed E-state index contributed by atoms with van der Waals surface area (Å²) in [6.07, 6.45) is 2.75. The molecule has 0 aliphatic rings. The molecular formula is C19H26N2O3. The van der Waals surface area contributed by atoms with Gasteiger partial charge in [-0.3, -0.25) is 9.69 Å². The lowest BCUT2D eigenvalue weighted by Gasteiger charge is -2.22. The maximum atomic E-state index is 12.2. The topological polar surface area (TPSA) is 54.7 Å². The zero-order valence-electron chi connectivity index (χ0n) is 14.6. The SMILES string of the molecule is CCOc1ccccc1CCC(=O)NCC(c1ccco1)N(C)C. The molecule has 1 aromatic heterocycles. The number of likely N-dealkylation sites (N-methyl/N-ethyl adjacent to an activating group) is 1. The van der Waals surface area contributed by atoms with Crippen LogP contribution in [-0.2, 0) is 11.2 Å². The van der Waals surface area contributed by atoms with E-state index in [9.17, 15) is 4.79 Å². The lowest BCUT2D eigenvalue weighted by atomic mass is 10.1. The second-order valence-corrected chi connectivity index (χ2v) is 5.84. The van der Waals surface area contributed by atoms with Crippen molar-refractivity contribution in [3.8, 4) is 5.75 Å². The monoisotopic (exact) mass is 330 g/mol. The first kappa shape index (κ1) is 18.1. The van der Waals surface area contributed by atoms with Crippen LogP contribution in [0.3, 0.4) is 0 Å². The number of aryl methyl sites for hydroxylation is 1. The van der Waals surface area contributed by atoms with E-state index in [1.165, 1.54) is 0 Å². The maximum absolute atomic E-state index is 12.2. The van der Waals surface area contributed by atoms with Gasteiger partial charge in [0.15, 0.2) is 0 Å². The highest BCUT2D eigenvalue weighted by molar-refractivity contribution is 5.76. The zero-order chi connectivity index (χ0) is 17.4. The zero-order valence-corrected chi connectivity index (χ0v) is 14.6. The van der Waals surface area contributed by atoms with E-state index in [4.69, 9.17) is 9.15 Å². The molecule has 130 valence electrons. The van der Waals surface area contributed by atoms with Crippen LogP contribution in [0.15, 0.2) is 47.1 Å². The second kappa shape index (κ2) is 9.13. The van der Waals surface area contributed by atoms with E-state index in [2.05, 4.69) is 5.32 Å². The summed E-state index contributed by atoms with van der Waals surface area (Å²) in [4.78, 5) is 14.2. The molecule has 2 rings (SSSR count). The van der Waals surface area contributed by atoms with Crippen molar-refractivity contribution in [3.63, 3.8) is 0 Å². The van der Waals surface area contributed by atoms with Gasteiger partial charge in [0.05, 0.1) is 18.9 Å². The van der Waals surface area contributed by atoms with Crippen molar-refractivity contribution in [2.75, 3.05) is 27.2 Å². The molecule has 5 heteroatoms.